The van der Waals surface area contributed by atoms with Gasteiger partial charge in [0.25, 0.3) is 5.91 Å². The summed E-state index contributed by atoms with van der Waals surface area (Å²) in [7, 11) is 0. The first-order chi connectivity index (χ1) is 16.3. The summed E-state index contributed by atoms with van der Waals surface area (Å²) in [5.74, 6) is -2.00. The van der Waals surface area contributed by atoms with Crippen molar-refractivity contribution in [1.82, 2.24) is 9.78 Å². The van der Waals surface area contributed by atoms with Crippen LogP contribution in [-0.4, -0.2) is 34.2 Å². The van der Waals surface area contributed by atoms with Crippen LogP contribution in [0.3, 0.4) is 0 Å². The Labute approximate surface area is 195 Å². The fourth-order valence-electron chi connectivity index (χ4n) is 4.87. The van der Waals surface area contributed by atoms with E-state index in [0.717, 1.165) is 4.90 Å². The van der Waals surface area contributed by atoms with Crippen LogP contribution >= 0.6 is 0 Å². The summed E-state index contributed by atoms with van der Waals surface area (Å²) in [6, 6.07) is 16.0. The molecule has 5 rings (SSSR count). The van der Waals surface area contributed by atoms with Gasteiger partial charge < -0.3 is 15.2 Å². The van der Waals surface area contributed by atoms with Crippen LogP contribution in [0.25, 0.3) is 5.69 Å². The number of hydrogen-bond acceptors (Lipinski definition) is 7. The van der Waals surface area contributed by atoms with Crippen LogP contribution < -0.4 is 15.4 Å². The number of fused-ring (bicyclic) bond motifs is 4. The zero-order valence-corrected chi connectivity index (χ0v) is 18.9. The SMILES string of the molecule is CCOC(=O)C1=C(N)Oc2c(c(C)nn2-c2ccccc2)[C@]12C(=O)N(C(C)=O)c1ccccc12. The maximum Gasteiger partial charge on any atom is 0.341 e. The highest BCUT2D eigenvalue weighted by Gasteiger charge is 2.63. The third kappa shape index (κ3) is 2.67. The third-order valence-electron chi connectivity index (χ3n) is 6.09. The van der Waals surface area contributed by atoms with Crippen LogP contribution in [0.5, 0.6) is 5.88 Å². The Morgan fingerprint density at radius 2 is 1.79 bits per heavy atom. The minimum absolute atomic E-state index is 0.0626. The summed E-state index contributed by atoms with van der Waals surface area (Å²) in [5, 5.41) is 4.63. The quantitative estimate of drug-likeness (QED) is 0.599. The second kappa shape index (κ2) is 7.58. The van der Waals surface area contributed by atoms with Crippen LogP contribution in [0.15, 0.2) is 66.1 Å². The second-order valence-electron chi connectivity index (χ2n) is 8.00. The van der Waals surface area contributed by atoms with Crippen molar-refractivity contribution in [2.75, 3.05) is 11.5 Å². The van der Waals surface area contributed by atoms with Crippen LogP contribution in [0, 0.1) is 6.92 Å². The number of para-hydroxylation sites is 2. The maximum atomic E-state index is 14.2. The highest BCUT2D eigenvalue weighted by Crippen LogP contribution is 2.56. The van der Waals surface area contributed by atoms with Crippen molar-refractivity contribution in [3.8, 4) is 11.6 Å². The summed E-state index contributed by atoms with van der Waals surface area (Å²) in [6.07, 6.45) is 0. The molecule has 172 valence electrons. The normalized spacial score (nSPS) is 18.6. The van der Waals surface area contributed by atoms with Gasteiger partial charge in [0, 0.05) is 12.5 Å². The number of ether oxygens (including phenoxy) is 2. The summed E-state index contributed by atoms with van der Waals surface area (Å²) >= 11 is 0. The molecule has 2 aromatic carbocycles. The molecule has 0 fully saturated rings. The third-order valence-corrected chi connectivity index (χ3v) is 6.09. The molecule has 1 spiro atoms. The van der Waals surface area contributed by atoms with Gasteiger partial charge in [-0.3, -0.25) is 9.59 Å². The molecule has 0 aliphatic carbocycles. The second-order valence-corrected chi connectivity index (χ2v) is 8.00. The van der Waals surface area contributed by atoms with Crippen molar-refractivity contribution in [3.63, 3.8) is 0 Å². The monoisotopic (exact) mass is 458 g/mol. The first-order valence-corrected chi connectivity index (χ1v) is 10.8. The number of esters is 1. The Bertz CT molecular complexity index is 1390. The molecule has 2 aliphatic heterocycles. The number of anilines is 1. The molecule has 0 bridgehead atoms. The van der Waals surface area contributed by atoms with Crippen LogP contribution in [0.4, 0.5) is 5.69 Å². The minimum atomic E-state index is -1.76. The van der Waals surface area contributed by atoms with E-state index in [9.17, 15) is 14.4 Å². The van der Waals surface area contributed by atoms with Crippen LogP contribution in [0.1, 0.15) is 30.7 Å². The van der Waals surface area contributed by atoms with E-state index < -0.39 is 23.2 Å². The van der Waals surface area contributed by atoms with E-state index in [2.05, 4.69) is 5.10 Å². The molecule has 0 radical (unpaired) electrons. The Balaban J connectivity index is 1.91. The first-order valence-electron chi connectivity index (χ1n) is 10.8. The summed E-state index contributed by atoms with van der Waals surface area (Å²) < 4.78 is 12.8. The van der Waals surface area contributed by atoms with E-state index in [1.807, 2.05) is 30.3 Å². The number of aromatic nitrogens is 2. The molecule has 2 aliphatic rings. The lowest BCUT2D eigenvalue weighted by atomic mass is 9.68. The smallest absolute Gasteiger partial charge is 0.341 e. The molecule has 9 nitrogen and oxygen atoms in total. The largest absolute Gasteiger partial charge is 0.462 e. The molecule has 0 saturated carbocycles. The molecule has 0 unspecified atom stereocenters. The Morgan fingerprint density at radius 1 is 1.12 bits per heavy atom. The number of carbonyl (C=O) groups is 3. The Hall–Kier alpha value is -4.40. The summed E-state index contributed by atoms with van der Waals surface area (Å²) in [4.78, 5) is 41.2. The van der Waals surface area contributed by atoms with E-state index in [0.29, 0.717) is 28.2 Å². The van der Waals surface area contributed by atoms with Gasteiger partial charge in [0.1, 0.15) is 11.0 Å². The van der Waals surface area contributed by atoms with Crippen molar-refractivity contribution >= 4 is 23.5 Å². The van der Waals surface area contributed by atoms with Crippen molar-refractivity contribution in [2.24, 2.45) is 5.73 Å². The molecule has 34 heavy (non-hydrogen) atoms. The lowest BCUT2D eigenvalue weighted by Gasteiger charge is -2.34. The van der Waals surface area contributed by atoms with Gasteiger partial charge in [-0.15, -0.1) is 0 Å². The fraction of sp³-hybridized carbons (Fsp3) is 0.200. The molecule has 2 N–H and O–H groups in total. The van der Waals surface area contributed by atoms with Crippen LogP contribution in [-0.2, 0) is 24.5 Å². The average molecular weight is 458 g/mol. The number of nitrogens with zero attached hydrogens (tertiary/aromatic N) is 3. The molecular weight excluding hydrogens is 436 g/mol. The molecular formula is C25H22N4O5. The van der Waals surface area contributed by atoms with Gasteiger partial charge in [-0.05, 0) is 32.0 Å². The standard InChI is InChI=1S/C25H22N4O5/c1-4-33-23(31)20-21(26)34-22-19(14(2)27-29(22)16-10-6-5-7-11-16)25(20)17-12-8-9-13-18(17)28(15(3)30)24(25)32/h5-13H,4,26H2,1-3H3/t25-/m0/s1. The van der Waals surface area contributed by atoms with E-state index in [1.165, 1.54) is 11.6 Å². The maximum absolute atomic E-state index is 14.2. The number of carbonyl (C=O) groups excluding carboxylic acids is 3. The number of rotatable bonds is 3. The Morgan fingerprint density at radius 3 is 2.47 bits per heavy atom. The Kier molecular flexibility index (Phi) is 4.78. The van der Waals surface area contributed by atoms with Crippen molar-refractivity contribution in [2.45, 2.75) is 26.2 Å². The molecule has 3 aromatic rings. The number of nitrogens with two attached hydrogens (primary N) is 1. The van der Waals surface area contributed by atoms with Crippen LogP contribution in [0.2, 0.25) is 0 Å². The first kappa shape index (κ1) is 21.4. The molecule has 0 saturated heterocycles. The molecule has 2 amide bonds. The summed E-state index contributed by atoms with van der Waals surface area (Å²) in [5.41, 5.74) is 6.68. The topological polar surface area (TPSA) is 117 Å². The zero-order chi connectivity index (χ0) is 24.2. The van der Waals surface area contributed by atoms with Gasteiger partial charge in [-0.1, -0.05) is 36.4 Å². The number of amides is 2. The van der Waals surface area contributed by atoms with E-state index in [-0.39, 0.29) is 23.9 Å². The van der Waals surface area contributed by atoms with Gasteiger partial charge in [0.2, 0.25) is 17.7 Å². The van der Waals surface area contributed by atoms with Crippen molar-refractivity contribution in [3.05, 3.63) is 82.9 Å². The zero-order valence-electron chi connectivity index (χ0n) is 18.9. The lowest BCUT2D eigenvalue weighted by molar-refractivity contribution is -0.141. The number of hydrogen-bond donors (Lipinski definition) is 1. The lowest BCUT2D eigenvalue weighted by Crippen LogP contribution is -2.49. The van der Waals surface area contributed by atoms with Gasteiger partial charge in [0.15, 0.2) is 0 Å². The number of aryl methyl sites for hydroxylation is 1. The van der Waals surface area contributed by atoms with E-state index in [4.69, 9.17) is 15.2 Å². The number of benzene rings is 2. The average Bonchev–Trinajstić information content (AvgIpc) is 3.27. The van der Waals surface area contributed by atoms with Gasteiger partial charge in [-0.25, -0.2) is 14.4 Å². The minimum Gasteiger partial charge on any atom is -0.462 e. The predicted octanol–water partition coefficient (Wildman–Crippen LogP) is 2.49. The highest BCUT2D eigenvalue weighted by molar-refractivity contribution is 6.27. The fourth-order valence-corrected chi connectivity index (χ4v) is 4.87. The van der Waals surface area contributed by atoms with Crippen molar-refractivity contribution in [1.29, 1.82) is 0 Å². The van der Waals surface area contributed by atoms with Crippen molar-refractivity contribution < 1.29 is 23.9 Å². The molecule has 1 atom stereocenters. The molecule has 1 aromatic heterocycles. The van der Waals surface area contributed by atoms with Gasteiger partial charge in [0.05, 0.1) is 29.2 Å². The molecule has 9 heteroatoms. The van der Waals surface area contributed by atoms with E-state index >= 15 is 0 Å². The van der Waals surface area contributed by atoms with Gasteiger partial charge >= 0.3 is 5.97 Å². The number of imide groups is 1. The van der Waals surface area contributed by atoms with Gasteiger partial charge in [-0.2, -0.15) is 5.10 Å². The van der Waals surface area contributed by atoms with E-state index in [1.54, 1.807) is 38.1 Å². The summed E-state index contributed by atoms with van der Waals surface area (Å²) in [6.45, 7) is 4.74. The molecule has 3 heterocycles. The highest BCUT2D eigenvalue weighted by atomic mass is 16.5. The predicted molar refractivity (Wildman–Crippen MR) is 122 cm³/mol.